The number of sulfonamides is 1. The fourth-order valence-electron chi connectivity index (χ4n) is 3.68. The van der Waals surface area contributed by atoms with Gasteiger partial charge in [-0.1, -0.05) is 42.5 Å². The lowest BCUT2D eigenvalue weighted by atomic mass is 10.0. The predicted molar refractivity (Wildman–Crippen MR) is 111 cm³/mol. The van der Waals surface area contributed by atoms with Gasteiger partial charge >= 0.3 is 0 Å². The average Bonchev–Trinajstić information content (AvgIpc) is 2.74. The molecular formula is C22H22N2O4S. The van der Waals surface area contributed by atoms with Crippen molar-refractivity contribution in [1.29, 1.82) is 0 Å². The van der Waals surface area contributed by atoms with Gasteiger partial charge in [-0.3, -0.25) is 4.79 Å². The van der Waals surface area contributed by atoms with E-state index in [2.05, 4.69) is 0 Å². The first-order valence-electron chi connectivity index (χ1n) is 9.45. The summed E-state index contributed by atoms with van der Waals surface area (Å²) in [6, 6.07) is 17.9. The third kappa shape index (κ3) is 3.59. The third-order valence-electron chi connectivity index (χ3n) is 5.28. The van der Waals surface area contributed by atoms with Crippen LogP contribution >= 0.6 is 0 Å². The number of nitrogens with zero attached hydrogens (tertiary/aromatic N) is 2. The van der Waals surface area contributed by atoms with Crippen LogP contribution < -0.4 is 0 Å². The van der Waals surface area contributed by atoms with Crippen molar-refractivity contribution in [1.82, 2.24) is 9.21 Å². The number of benzene rings is 3. The Kier molecular flexibility index (Phi) is 5.02. The van der Waals surface area contributed by atoms with Crippen LogP contribution in [-0.2, 0) is 10.0 Å². The van der Waals surface area contributed by atoms with Crippen molar-refractivity contribution in [3.63, 3.8) is 0 Å². The molecule has 3 aromatic carbocycles. The molecule has 1 saturated heterocycles. The molecule has 0 saturated carbocycles. The Labute approximate surface area is 170 Å². The Hall–Kier alpha value is -2.90. The molecule has 7 heteroatoms. The van der Waals surface area contributed by atoms with Crippen LogP contribution in [0.3, 0.4) is 0 Å². The van der Waals surface area contributed by atoms with Crippen molar-refractivity contribution in [3.8, 4) is 5.75 Å². The maximum absolute atomic E-state index is 13.1. The summed E-state index contributed by atoms with van der Waals surface area (Å²) in [6.45, 7) is 2.75. The minimum atomic E-state index is -3.82. The van der Waals surface area contributed by atoms with Crippen LogP contribution in [0.5, 0.6) is 5.75 Å². The molecule has 4 rings (SSSR count). The Morgan fingerprint density at radius 3 is 2.38 bits per heavy atom. The number of aromatic hydroxyl groups is 1. The van der Waals surface area contributed by atoms with E-state index >= 15 is 0 Å². The topological polar surface area (TPSA) is 77.9 Å². The van der Waals surface area contributed by atoms with Crippen molar-refractivity contribution in [2.45, 2.75) is 11.8 Å². The molecule has 0 atom stereocenters. The van der Waals surface area contributed by atoms with Gasteiger partial charge in [0.2, 0.25) is 10.0 Å². The van der Waals surface area contributed by atoms with E-state index in [9.17, 15) is 18.3 Å². The minimum absolute atomic E-state index is 0.0914. The van der Waals surface area contributed by atoms with Crippen LogP contribution in [0.25, 0.3) is 10.8 Å². The Balaban J connectivity index is 1.53. The molecule has 1 aliphatic heterocycles. The van der Waals surface area contributed by atoms with Crippen molar-refractivity contribution in [3.05, 3.63) is 71.8 Å². The molecule has 1 fully saturated rings. The van der Waals surface area contributed by atoms with Crippen LogP contribution in [0, 0.1) is 6.92 Å². The molecule has 1 N–H and O–H groups in total. The van der Waals surface area contributed by atoms with Gasteiger partial charge in [0.15, 0.2) is 0 Å². The molecule has 6 nitrogen and oxygen atoms in total. The van der Waals surface area contributed by atoms with Crippen LogP contribution in [-0.4, -0.2) is 54.8 Å². The monoisotopic (exact) mass is 410 g/mol. The summed E-state index contributed by atoms with van der Waals surface area (Å²) >= 11 is 0. The number of piperazine rings is 1. The molecule has 0 spiro atoms. The van der Waals surface area contributed by atoms with Gasteiger partial charge in [-0.2, -0.15) is 4.31 Å². The molecule has 0 aromatic heterocycles. The van der Waals surface area contributed by atoms with E-state index in [0.717, 1.165) is 16.3 Å². The molecule has 150 valence electrons. The van der Waals surface area contributed by atoms with Gasteiger partial charge in [-0.05, 0) is 41.5 Å². The number of phenolic OH excluding ortho intramolecular Hbond substituents is 1. The zero-order chi connectivity index (χ0) is 20.6. The molecule has 1 heterocycles. The zero-order valence-corrected chi connectivity index (χ0v) is 16.9. The smallest absolute Gasteiger partial charge is 0.254 e. The van der Waals surface area contributed by atoms with E-state index < -0.39 is 10.0 Å². The summed E-state index contributed by atoms with van der Waals surface area (Å²) < 4.78 is 27.2. The number of hydrogen-bond acceptors (Lipinski definition) is 4. The van der Waals surface area contributed by atoms with Crippen LogP contribution in [0.15, 0.2) is 65.6 Å². The second-order valence-corrected chi connectivity index (χ2v) is 9.10. The number of aryl methyl sites for hydroxylation is 1. The first kappa shape index (κ1) is 19.4. The summed E-state index contributed by atoms with van der Waals surface area (Å²) in [4.78, 5) is 14.6. The van der Waals surface area contributed by atoms with E-state index in [0.29, 0.717) is 18.7 Å². The average molecular weight is 410 g/mol. The van der Waals surface area contributed by atoms with E-state index in [-0.39, 0.29) is 29.6 Å². The Morgan fingerprint density at radius 2 is 1.62 bits per heavy atom. The van der Waals surface area contributed by atoms with E-state index in [1.54, 1.807) is 24.0 Å². The molecule has 3 aromatic rings. The van der Waals surface area contributed by atoms with Gasteiger partial charge in [-0.15, -0.1) is 0 Å². The summed E-state index contributed by atoms with van der Waals surface area (Å²) in [5.41, 5.74) is 1.38. The standard InChI is InChI=1S/C22H22N2O4S/c1-16-9-10-20(25)21(15-16)29(27,28)24-13-11-23(12-14-24)22(26)19-8-4-6-17-5-2-3-7-18(17)19/h2-10,15,25H,11-14H2,1H3. The predicted octanol–water partition coefficient (Wildman–Crippen LogP) is 3.00. The largest absolute Gasteiger partial charge is 0.507 e. The second-order valence-electron chi connectivity index (χ2n) is 7.19. The van der Waals surface area contributed by atoms with Crippen molar-refractivity contribution in [2.24, 2.45) is 0 Å². The fourth-order valence-corrected chi connectivity index (χ4v) is 5.27. The van der Waals surface area contributed by atoms with Crippen LogP contribution in [0.2, 0.25) is 0 Å². The van der Waals surface area contributed by atoms with E-state index in [4.69, 9.17) is 0 Å². The van der Waals surface area contributed by atoms with Crippen molar-refractivity contribution < 1.29 is 18.3 Å². The lowest BCUT2D eigenvalue weighted by molar-refractivity contribution is 0.0699. The number of hydrogen-bond donors (Lipinski definition) is 1. The molecule has 0 aliphatic carbocycles. The highest BCUT2D eigenvalue weighted by Gasteiger charge is 2.32. The van der Waals surface area contributed by atoms with Gasteiger partial charge < -0.3 is 10.0 Å². The van der Waals surface area contributed by atoms with Gasteiger partial charge in [0.1, 0.15) is 10.6 Å². The molecule has 1 amide bonds. The number of phenols is 1. The molecule has 0 unspecified atom stereocenters. The molecular weight excluding hydrogens is 388 g/mol. The van der Waals surface area contributed by atoms with Crippen molar-refractivity contribution >= 4 is 26.7 Å². The molecule has 0 radical (unpaired) electrons. The second kappa shape index (κ2) is 7.50. The highest BCUT2D eigenvalue weighted by Crippen LogP contribution is 2.28. The Bertz CT molecular complexity index is 1180. The molecule has 0 bridgehead atoms. The lowest BCUT2D eigenvalue weighted by Gasteiger charge is -2.34. The van der Waals surface area contributed by atoms with Gasteiger partial charge in [0.05, 0.1) is 0 Å². The Morgan fingerprint density at radius 1 is 0.931 bits per heavy atom. The lowest BCUT2D eigenvalue weighted by Crippen LogP contribution is -2.50. The summed E-state index contributed by atoms with van der Waals surface area (Å²) in [5, 5.41) is 11.9. The molecule has 1 aliphatic rings. The summed E-state index contributed by atoms with van der Waals surface area (Å²) in [6.07, 6.45) is 0. The number of rotatable bonds is 3. The maximum Gasteiger partial charge on any atom is 0.254 e. The third-order valence-corrected chi connectivity index (χ3v) is 7.21. The number of amides is 1. The van der Waals surface area contributed by atoms with E-state index in [1.165, 1.54) is 16.4 Å². The quantitative estimate of drug-likeness (QED) is 0.720. The van der Waals surface area contributed by atoms with Crippen LogP contribution in [0.1, 0.15) is 15.9 Å². The number of carbonyl (C=O) groups is 1. The first-order valence-corrected chi connectivity index (χ1v) is 10.9. The SMILES string of the molecule is Cc1ccc(O)c(S(=O)(=O)N2CCN(C(=O)c3cccc4ccccc34)CC2)c1. The summed E-state index contributed by atoms with van der Waals surface area (Å²) in [5.74, 6) is -0.359. The normalized spacial score (nSPS) is 15.6. The van der Waals surface area contributed by atoms with Gasteiger partial charge in [-0.25, -0.2) is 8.42 Å². The first-order chi connectivity index (χ1) is 13.9. The maximum atomic E-state index is 13.1. The highest BCUT2D eigenvalue weighted by atomic mass is 32.2. The number of fused-ring (bicyclic) bond motifs is 1. The zero-order valence-electron chi connectivity index (χ0n) is 16.1. The fraction of sp³-hybridized carbons (Fsp3) is 0.227. The highest BCUT2D eigenvalue weighted by molar-refractivity contribution is 7.89. The van der Waals surface area contributed by atoms with Gasteiger partial charge in [0.25, 0.3) is 5.91 Å². The molecule has 29 heavy (non-hydrogen) atoms. The summed E-state index contributed by atoms with van der Waals surface area (Å²) in [7, 11) is -3.82. The van der Waals surface area contributed by atoms with E-state index in [1.807, 2.05) is 36.4 Å². The van der Waals surface area contributed by atoms with Crippen molar-refractivity contribution in [2.75, 3.05) is 26.2 Å². The minimum Gasteiger partial charge on any atom is -0.507 e. The van der Waals surface area contributed by atoms with Gasteiger partial charge in [0, 0.05) is 31.7 Å². The van der Waals surface area contributed by atoms with Crippen LogP contribution in [0.4, 0.5) is 0 Å². The number of carbonyl (C=O) groups excluding carboxylic acids is 1.